The quantitative estimate of drug-likeness (QED) is 0.549. The van der Waals surface area contributed by atoms with Crippen LogP contribution in [0.4, 0.5) is 0 Å². The van der Waals surface area contributed by atoms with Crippen LogP contribution in [0.2, 0.25) is 0 Å². The fourth-order valence-corrected chi connectivity index (χ4v) is 4.53. The Morgan fingerprint density at radius 1 is 1.23 bits per heavy atom. The number of hydrogen-bond donors (Lipinski definition) is 0. The Morgan fingerprint density at radius 3 is 2.84 bits per heavy atom. The summed E-state index contributed by atoms with van der Waals surface area (Å²) in [6.07, 6.45) is 7.26. The van der Waals surface area contributed by atoms with Crippen LogP contribution in [-0.4, -0.2) is 55.0 Å². The third-order valence-electron chi connectivity index (χ3n) is 5.84. The number of carbonyl (C=O) groups is 1. The Labute approximate surface area is 180 Å². The highest BCUT2D eigenvalue weighted by atomic mass is 16.5. The van der Waals surface area contributed by atoms with Gasteiger partial charge in [-0.3, -0.25) is 14.3 Å². The molecule has 2 aliphatic rings. The SMILES string of the molecule is C=CCN(CC=C)Cc1noc(-c2ncn3c2[C@@H]2CCCN2C(=O)c2ccccc2-3)n1. The molecule has 0 N–H and O–H groups in total. The molecule has 0 radical (unpaired) electrons. The maximum absolute atomic E-state index is 13.2. The van der Waals surface area contributed by atoms with Crippen molar-refractivity contribution >= 4 is 5.91 Å². The van der Waals surface area contributed by atoms with Crippen molar-refractivity contribution in [3.05, 3.63) is 73.0 Å². The van der Waals surface area contributed by atoms with Gasteiger partial charge in [0.1, 0.15) is 6.33 Å². The van der Waals surface area contributed by atoms with Crippen LogP contribution in [0.3, 0.4) is 0 Å². The van der Waals surface area contributed by atoms with Gasteiger partial charge in [0.15, 0.2) is 11.5 Å². The van der Waals surface area contributed by atoms with Crippen LogP contribution in [0.5, 0.6) is 0 Å². The average molecular weight is 416 g/mol. The van der Waals surface area contributed by atoms with E-state index in [1.807, 2.05) is 45.9 Å². The molecular weight excluding hydrogens is 392 g/mol. The van der Waals surface area contributed by atoms with Crippen molar-refractivity contribution in [3.63, 3.8) is 0 Å². The van der Waals surface area contributed by atoms with E-state index in [2.05, 4.69) is 33.2 Å². The number of para-hydroxylation sites is 1. The lowest BCUT2D eigenvalue weighted by Crippen LogP contribution is -2.29. The lowest BCUT2D eigenvalue weighted by molar-refractivity contribution is 0.0739. The van der Waals surface area contributed by atoms with Gasteiger partial charge in [-0.2, -0.15) is 4.98 Å². The molecule has 8 heteroatoms. The van der Waals surface area contributed by atoms with Gasteiger partial charge in [-0.25, -0.2) is 4.98 Å². The number of amides is 1. The molecule has 0 unspecified atom stereocenters. The third kappa shape index (κ3) is 3.29. The summed E-state index contributed by atoms with van der Waals surface area (Å²) in [5.74, 6) is 1.01. The standard InChI is InChI=1S/C23H24N6O2/c1-3-11-27(12-4-2)14-19-25-22(31-26-19)20-21-18-10-7-13-28(18)23(30)16-8-5-6-9-17(16)29(21)15-24-20/h3-6,8-9,15,18H,1-2,7,10-14H2/t18-/m0/s1. The number of aromatic nitrogens is 4. The monoisotopic (exact) mass is 416 g/mol. The minimum atomic E-state index is -0.0641. The van der Waals surface area contributed by atoms with E-state index in [1.54, 1.807) is 6.33 Å². The lowest BCUT2D eigenvalue weighted by atomic mass is 10.1. The van der Waals surface area contributed by atoms with E-state index in [0.29, 0.717) is 42.6 Å². The zero-order valence-electron chi connectivity index (χ0n) is 17.3. The minimum absolute atomic E-state index is 0.0588. The maximum Gasteiger partial charge on any atom is 0.278 e. The zero-order chi connectivity index (χ0) is 21.4. The van der Waals surface area contributed by atoms with Crippen LogP contribution in [0.25, 0.3) is 17.3 Å². The molecule has 158 valence electrons. The van der Waals surface area contributed by atoms with Gasteiger partial charge in [0.05, 0.1) is 29.5 Å². The second-order valence-corrected chi connectivity index (χ2v) is 7.81. The predicted molar refractivity (Wildman–Crippen MR) is 116 cm³/mol. The van der Waals surface area contributed by atoms with E-state index in [9.17, 15) is 4.79 Å². The molecule has 0 aliphatic carbocycles. The van der Waals surface area contributed by atoms with Crippen molar-refractivity contribution in [2.75, 3.05) is 19.6 Å². The fourth-order valence-electron chi connectivity index (χ4n) is 4.53. The van der Waals surface area contributed by atoms with Crippen LogP contribution < -0.4 is 0 Å². The van der Waals surface area contributed by atoms with Crippen molar-refractivity contribution in [3.8, 4) is 17.3 Å². The highest BCUT2D eigenvalue weighted by molar-refractivity contribution is 5.99. The van der Waals surface area contributed by atoms with Crippen LogP contribution in [0.15, 0.2) is 60.4 Å². The molecule has 3 aromatic rings. The van der Waals surface area contributed by atoms with E-state index >= 15 is 0 Å². The Bertz CT molecular complexity index is 1140. The molecule has 2 aromatic heterocycles. The van der Waals surface area contributed by atoms with E-state index < -0.39 is 0 Å². The number of hydrogen-bond acceptors (Lipinski definition) is 6. The summed E-state index contributed by atoms with van der Waals surface area (Å²) in [7, 11) is 0. The smallest absolute Gasteiger partial charge is 0.278 e. The van der Waals surface area contributed by atoms with Crippen molar-refractivity contribution in [2.45, 2.75) is 25.4 Å². The van der Waals surface area contributed by atoms with Gasteiger partial charge >= 0.3 is 0 Å². The molecular formula is C23H24N6O2. The van der Waals surface area contributed by atoms with E-state index in [4.69, 9.17) is 4.52 Å². The largest absolute Gasteiger partial charge is 0.332 e. The molecule has 0 saturated carbocycles. The summed E-state index contributed by atoms with van der Waals surface area (Å²) in [5.41, 5.74) is 3.09. The van der Waals surface area contributed by atoms with Gasteiger partial charge in [0.25, 0.3) is 11.8 Å². The highest BCUT2D eigenvalue weighted by Crippen LogP contribution is 2.41. The summed E-state index contributed by atoms with van der Waals surface area (Å²) in [6.45, 7) is 10.2. The summed E-state index contributed by atoms with van der Waals surface area (Å²) in [4.78, 5) is 26.5. The molecule has 1 aromatic carbocycles. The molecule has 4 heterocycles. The summed E-state index contributed by atoms with van der Waals surface area (Å²) in [6, 6.07) is 7.59. The lowest BCUT2D eigenvalue weighted by Gasteiger charge is -2.22. The van der Waals surface area contributed by atoms with Gasteiger partial charge in [0.2, 0.25) is 0 Å². The molecule has 0 bridgehead atoms. The van der Waals surface area contributed by atoms with Gasteiger partial charge < -0.3 is 9.42 Å². The molecule has 1 saturated heterocycles. The number of benzene rings is 1. The second kappa shape index (κ2) is 7.96. The molecule has 0 spiro atoms. The molecule has 8 nitrogen and oxygen atoms in total. The summed E-state index contributed by atoms with van der Waals surface area (Å²) >= 11 is 0. The first-order valence-electron chi connectivity index (χ1n) is 10.5. The van der Waals surface area contributed by atoms with Crippen molar-refractivity contribution in [2.24, 2.45) is 0 Å². The molecule has 1 fully saturated rings. The first-order valence-corrected chi connectivity index (χ1v) is 10.5. The summed E-state index contributed by atoms with van der Waals surface area (Å²) in [5, 5.41) is 4.17. The Kier molecular flexibility index (Phi) is 4.99. The maximum atomic E-state index is 13.2. The average Bonchev–Trinajstić information content (AvgIpc) is 3.51. The normalized spacial score (nSPS) is 17.3. The topological polar surface area (TPSA) is 80.3 Å². The number of rotatable bonds is 7. The third-order valence-corrected chi connectivity index (χ3v) is 5.84. The molecule has 1 amide bonds. The Balaban J connectivity index is 1.55. The molecule has 31 heavy (non-hydrogen) atoms. The first-order chi connectivity index (χ1) is 15.2. The van der Waals surface area contributed by atoms with E-state index in [0.717, 1.165) is 30.8 Å². The van der Waals surface area contributed by atoms with Crippen molar-refractivity contribution in [1.29, 1.82) is 0 Å². The van der Waals surface area contributed by atoms with Crippen LogP contribution in [0, 0.1) is 0 Å². The van der Waals surface area contributed by atoms with Crippen molar-refractivity contribution in [1.82, 2.24) is 29.5 Å². The number of fused-ring (bicyclic) bond motifs is 5. The number of carbonyl (C=O) groups excluding carboxylic acids is 1. The van der Waals surface area contributed by atoms with Gasteiger partial charge in [-0.05, 0) is 25.0 Å². The van der Waals surface area contributed by atoms with Crippen molar-refractivity contribution < 1.29 is 9.32 Å². The molecule has 1 atom stereocenters. The van der Waals surface area contributed by atoms with Gasteiger partial charge in [-0.15, -0.1) is 13.2 Å². The second-order valence-electron chi connectivity index (χ2n) is 7.81. The van der Waals surface area contributed by atoms with Gasteiger partial charge in [0, 0.05) is 19.6 Å². The van der Waals surface area contributed by atoms with Crippen LogP contribution in [0.1, 0.15) is 40.8 Å². The number of nitrogens with zero attached hydrogens (tertiary/aromatic N) is 6. The summed E-state index contributed by atoms with van der Waals surface area (Å²) < 4.78 is 7.62. The fraction of sp³-hybridized carbons (Fsp3) is 0.304. The van der Waals surface area contributed by atoms with Crippen LogP contribution in [-0.2, 0) is 6.54 Å². The zero-order valence-corrected chi connectivity index (χ0v) is 17.3. The molecule has 5 rings (SSSR count). The van der Waals surface area contributed by atoms with Gasteiger partial charge in [-0.1, -0.05) is 29.4 Å². The Hall–Kier alpha value is -3.52. The highest BCUT2D eigenvalue weighted by Gasteiger charge is 2.39. The molecule has 2 aliphatic heterocycles. The Morgan fingerprint density at radius 2 is 2.03 bits per heavy atom. The van der Waals surface area contributed by atoms with E-state index in [1.165, 1.54) is 0 Å². The number of imidazole rings is 1. The first kappa shape index (κ1) is 19.4. The predicted octanol–water partition coefficient (Wildman–Crippen LogP) is 3.39. The van der Waals surface area contributed by atoms with E-state index in [-0.39, 0.29) is 11.9 Å². The van der Waals surface area contributed by atoms with Crippen LogP contribution >= 0.6 is 0 Å². The minimum Gasteiger partial charge on any atom is -0.332 e.